The van der Waals surface area contributed by atoms with Crippen molar-refractivity contribution in [2.24, 2.45) is 5.92 Å². The van der Waals surface area contributed by atoms with E-state index >= 15 is 0 Å². The fraction of sp³-hybridized carbons (Fsp3) is 0.750. The highest BCUT2D eigenvalue weighted by Crippen LogP contribution is 2.36. The van der Waals surface area contributed by atoms with Gasteiger partial charge in [-0.1, -0.05) is 20.3 Å². The van der Waals surface area contributed by atoms with E-state index in [1.165, 1.54) is 13.5 Å². The minimum absolute atomic E-state index is 0.00789. The van der Waals surface area contributed by atoms with Gasteiger partial charge in [0.1, 0.15) is 5.69 Å². The van der Waals surface area contributed by atoms with Crippen molar-refractivity contribution in [1.82, 2.24) is 15.2 Å². The number of carbonyl (C=O) groups excluding carboxylic acids is 1. The van der Waals surface area contributed by atoms with Crippen LogP contribution >= 0.6 is 0 Å². The molecule has 4 rings (SSSR count). The highest BCUT2D eigenvalue weighted by Gasteiger charge is 2.38. The number of aromatic nitrogens is 1. The Morgan fingerprint density at radius 2 is 1.91 bits per heavy atom. The number of amides is 1. The summed E-state index contributed by atoms with van der Waals surface area (Å²) in [5.41, 5.74) is 0.165. The summed E-state index contributed by atoms with van der Waals surface area (Å²) in [6.07, 6.45) is 1.69. The van der Waals surface area contributed by atoms with Gasteiger partial charge in [0.2, 0.25) is 11.8 Å². The van der Waals surface area contributed by atoms with E-state index in [1.807, 2.05) is 0 Å². The predicted octanol–water partition coefficient (Wildman–Crippen LogP) is 4.35. The third kappa shape index (κ3) is 6.59. The highest BCUT2D eigenvalue weighted by atomic mass is 19.4. The monoisotopic (exact) mass is 471 g/mol. The first kappa shape index (κ1) is 25.7. The summed E-state index contributed by atoms with van der Waals surface area (Å²) in [6.45, 7) is 6.45. The zero-order valence-electron chi connectivity index (χ0n) is 19.8. The Hall–Kier alpha value is -1.87. The fourth-order valence-electron chi connectivity index (χ4n) is 4.85. The highest BCUT2D eigenvalue weighted by molar-refractivity contribution is 5.79. The Labute approximate surface area is 194 Å². The molecule has 33 heavy (non-hydrogen) atoms. The number of alkyl halides is 3. The van der Waals surface area contributed by atoms with Crippen LogP contribution in [0.1, 0.15) is 69.2 Å². The number of pyridine rings is 1. The maximum atomic E-state index is 13.2. The van der Waals surface area contributed by atoms with Crippen LogP contribution in [0.4, 0.5) is 13.2 Å². The molecule has 6 nitrogen and oxygen atoms in total. The van der Waals surface area contributed by atoms with Gasteiger partial charge in [-0.3, -0.25) is 4.79 Å². The summed E-state index contributed by atoms with van der Waals surface area (Å²) in [5, 5.41) is 3.66. The number of hydrogen-bond donors (Lipinski definition) is 1. The van der Waals surface area contributed by atoms with Crippen molar-refractivity contribution in [3.05, 3.63) is 22.9 Å². The lowest BCUT2D eigenvalue weighted by atomic mass is 9.97. The van der Waals surface area contributed by atoms with Crippen LogP contribution in [0.2, 0.25) is 0 Å². The van der Waals surface area contributed by atoms with Crippen molar-refractivity contribution in [2.75, 3.05) is 26.9 Å². The average molecular weight is 472 g/mol. The van der Waals surface area contributed by atoms with Crippen LogP contribution in [-0.2, 0) is 28.7 Å². The molecular formula is C24H36F3N3O3. The van der Waals surface area contributed by atoms with Crippen molar-refractivity contribution in [3.8, 4) is 5.88 Å². The van der Waals surface area contributed by atoms with Crippen LogP contribution in [0.5, 0.6) is 5.88 Å². The van der Waals surface area contributed by atoms with E-state index in [-0.39, 0.29) is 24.2 Å². The van der Waals surface area contributed by atoms with Crippen LogP contribution in [0, 0.1) is 5.92 Å². The maximum absolute atomic E-state index is 13.2. The first-order chi connectivity index (χ1) is 15.8. The largest absolute Gasteiger partial charge is 0.481 e. The lowest BCUT2D eigenvalue weighted by molar-refractivity contribution is -0.141. The molecule has 9 heteroatoms. The molecule has 2 atom stereocenters. The summed E-state index contributed by atoms with van der Waals surface area (Å²) in [6, 6.07) is 1.82. The van der Waals surface area contributed by atoms with Gasteiger partial charge in [0.25, 0.3) is 0 Å². The van der Waals surface area contributed by atoms with Gasteiger partial charge < -0.3 is 19.7 Å². The number of halogens is 3. The molecular weight excluding hydrogens is 435 g/mol. The van der Waals surface area contributed by atoms with Crippen molar-refractivity contribution in [1.29, 1.82) is 0 Å². The number of hydrogen-bond acceptors (Lipinski definition) is 5. The number of nitrogens with zero attached hydrogens (tertiary/aromatic N) is 2. The minimum atomic E-state index is -4.55. The van der Waals surface area contributed by atoms with E-state index in [1.54, 1.807) is 4.90 Å². The van der Waals surface area contributed by atoms with E-state index in [0.717, 1.165) is 51.4 Å². The zero-order chi connectivity index (χ0) is 24.0. The molecule has 2 aliphatic heterocycles. The molecule has 1 aromatic heterocycles. The Balaban J connectivity index is 0.000000968. The molecule has 0 spiro atoms. The summed E-state index contributed by atoms with van der Waals surface area (Å²) in [5.74, 6) is -0.0236. The van der Waals surface area contributed by atoms with E-state index < -0.39 is 11.9 Å². The second kappa shape index (κ2) is 11.5. The van der Waals surface area contributed by atoms with E-state index in [0.29, 0.717) is 36.2 Å². The number of fused-ring (bicyclic) bond motifs is 1. The number of methoxy groups -OCH3 is 1. The Kier molecular flexibility index (Phi) is 8.98. The van der Waals surface area contributed by atoms with Gasteiger partial charge in [-0.05, 0) is 50.2 Å². The van der Waals surface area contributed by atoms with Gasteiger partial charge in [-0.25, -0.2) is 4.98 Å². The summed E-state index contributed by atoms with van der Waals surface area (Å²) in [4.78, 5) is 18.4. The molecule has 1 N–H and O–H groups in total. The van der Waals surface area contributed by atoms with E-state index in [9.17, 15) is 18.0 Å². The lowest BCUT2D eigenvalue weighted by Crippen LogP contribution is -2.42. The minimum Gasteiger partial charge on any atom is -0.481 e. The molecule has 1 aliphatic carbocycles. The molecule has 0 aromatic carbocycles. The normalized spacial score (nSPS) is 23.5. The zero-order valence-corrected chi connectivity index (χ0v) is 19.8. The number of ether oxygens (including phenoxy) is 2. The first-order valence-electron chi connectivity index (χ1n) is 12.0. The number of carbonyl (C=O) groups is 1. The van der Waals surface area contributed by atoms with Gasteiger partial charge in [0.05, 0.1) is 7.11 Å². The van der Waals surface area contributed by atoms with Crippen LogP contribution in [0.15, 0.2) is 6.07 Å². The predicted molar refractivity (Wildman–Crippen MR) is 119 cm³/mol. The molecule has 0 bridgehead atoms. The molecule has 186 valence electrons. The topological polar surface area (TPSA) is 63.7 Å². The molecule has 1 saturated heterocycles. The van der Waals surface area contributed by atoms with Crippen LogP contribution in [0.3, 0.4) is 0 Å². The molecule has 2 fully saturated rings. The second-order valence-corrected chi connectivity index (χ2v) is 9.13. The van der Waals surface area contributed by atoms with Crippen molar-refractivity contribution < 1.29 is 27.4 Å². The van der Waals surface area contributed by atoms with Gasteiger partial charge in [0.15, 0.2) is 0 Å². The quantitative estimate of drug-likeness (QED) is 0.708. The van der Waals surface area contributed by atoms with Gasteiger partial charge in [-0.15, -0.1) is 0 Å². The Morgan fingerprint density at radius 3 is 2.55 bits per heavy atom. The van der Waals surface area contributed by atoms with E-state index in [4.69, 9.17) is 9.47 Å². The van der Waals surface area contributed by atoms with Crippen molar-refractivity contribution >= 4 is 5.91 Å². The van der Waals surface area contributed by atoms with Crippen LogP contribution < -0.4 is 10.1 Å². The lowest BCUT2D eigenvalue weighted by Gasteiger charge is -2.32. The second-order valence-electron chi connectivity index (χ2n) is 9.13. The molecule has 3 heterocycles. The standard InChI is InChI=1S/C21H28F3N3O3.C3H8/c1-29-19-17-4-7-27(12-14(17)11-18(26-19)21(22,23)24)20(28)13-2-3-16(10-13)25-15-5-8-30-9-6-15;1-3-2/h11,13,15-16,25H,2-10,12H2,1H3;3H2,1-2H3. The first-order valence-corrected chi connectivity index (χ1v) is 12.0. The molecule has 1 saturated carbocycles. The van der Waals surface area contributed by atoms with Crippen molar-refractivity contribution in [2.45, 2.75) is 83.6 Å². The smallest absolute Gasteiger partial charge is 0.433 e. The third-order valence-corrected chi connectivity index (χ3v) is 6.44. The number of nitrogens with one attached hydrogen (secondary N) is 1. The van der Waals surface area contributed by atoms with Gasteiger partial charge >= 0.3 is 6.18 Å². The maximum Gasteiger partial charge on any atom is 0.433 e. The van der Waals surface area contributed by atoms with Crippen molar-refractivity contribution in [3.63, 3.8) is 0 Å². The molecule has 1 aromatic rings. The molecule has 2 unspecified atom stereocenters. The van der Waals surface area contributed by atoms with Crippen LogP contribution in [0.25, 0.3) is 0 Å². The number of rotatable bonds is 4. The van der Waals surface area contributed by atoms with Gasteiger partial charge in [0, 0.05) is 49.9 Å². The summed E-state index contributed by atoms with van der Waals surface area (Å²) in [7, 11) is 1.32. The Bertz CT molecular complexity index is 797. The summed E-state index contributed by atoms with van der Waals surface area (Å²) >= 11 is 0. The SMILES string of the molecule is CCC.COc1nc(C(F)(F)F)cc2c1CCN(C(=O)C1CCC(NC3CCOCC3)C1)C2. The Morgan fingerprint density at radius 1 is 1.21 bits per heavy atom. The fourth-order valence-corrected chi connectivity index (χ4v) is 4.85. The van der Waals surface area contributed by atoms with E-state index in [2.05, 4.69) is 24.1 Å². The van der Waals surface area contributed by atoms with Crippen LogP contribution in [-0.4, -0.2) is 54.7 Å². The molecule has 1 amide bonds. The third-order valence-electron chi connectivity index (χ3n) is 6.44. The molecule has 3 aliphatic rings. The van der Waals surface area contributed by atoms with Gasteiger partial charge in [-0.2, -0.15) is 13.2 Å². The molecule has 0 radical (unpaired) electrons. The summed E-state index contributed by atoms with van der Waals surface area (Å²) < 4.78 is 50.1. The average Bonchev–Trinajstić information content (AvgIpc) is 3.26.